The van der Waals surface area contributed by atoms with Gasteiger partial charge in [-0.15, -0.1) is 0 Å². The Morgan fingerprint density at radius 2 is 1.86 bits per heavy atom. The number of nitrogens with zero attached hydrogens (tertiary/aromatic N) is 1. The van der Waals surface area contributed by atoms with Crippen LogP contribution in [0.5, 0.6) is 0 Å². The van der Waals surface area contributed by atoms with Crippen molar-refractivity contribution >= 4 is 11.6 Å². The number of hydrogen-bond donors (Lipinski definition) is 0. The maximum atomic E-state index is 14.2. The molecule has 2 aromatic rings. The lowest BCUT2D eigenvalue weighted by atomic mass is 9.87. The summed E-state index contributed by atoms with van der Waals surface area (Å²) < 4.78 is 27.9. The number of nitriles is 1. The molecule has 0 aromatic heterocycles. The third-order valence-electron chi connectivity index (χ3n) is 4.17. The molecule has 0 saturated carbocycles. The number of aryl methyl sites for hydroxylation is 1. The zero-order valence-electron chi connectivity index (χ0n) is 12.3. The smallest absolute Gasteiger partial charge is 0.147 e. The summed E-state index contributed by atoms with van der Waals surface area (Å²) in [6, 6.07) is 11.1. The fraction of sp³-hybridized carbons (Fsp3) is 0.211. The number of rotatable bonds is 2. The minimum Gasteiger partial charge on any atom is -0.205 e. The van der Waals surface area contributed by atoms with Gasteiger partial charge in [0.25, 0.3) is 0 Å². The average molecular weight is 295 g/mol. The molecule has 0 amide bonds. The largest absolute Gasteiger partial charge is 0.205 e. The zero-order chi connectivity index (χ0) is 15.7. The van der Waals surface area contributed by atoms with Gasteiger partial charge in [0.05, 0.1) is 0 Å². The predicted molar refractivity (Wildman–Crippen MR) is 83.1 cm³/mol. The van der Waals surface area contributed by atoms with E-state index < -0.39 is 17.2 Å². The predicted octanol–water partition coefficient (Wildman–Crippen LogP) is 4.89. The minimum absolute atomic E-state index is 0.437. The molecule has 110 valence electrons. The van der Waals surface area contributed by atoms with E-state index in [2.05, 4.69) is 19.1 Å². The van der Waals surface area contributed by atoms with E-state index in [0.29, 0.717) is 24.0 Å². The second kappa shape index (κ2) is 5.73. The molecule has 0 fully saturated rings. The molecule has 1 nitrogen and oxygen atoms in total. The molecule has 2 aromatic carbocycles. The van der Waals surface area contributed by atoms with Crippen LogP contribution in [0.4, 0.5) is 8.78 Å². The third-order valence-corrected chi connectivity index (χ3v) is 4.17. The highest BCUT2D eigenvalue weighted by atomic mass is 19.1. The fourth-order valence-electron chi connectivity index (χ4n) is 2.87. The second-order valence-corrected chi connectivity index (χ2v) is 5.45. The van der Waals surface area contributed by atoms with Gasteiger partial charge in [0.1, 0.15) is 23.3 Å². The molecule has 0 heterocycles. The molecule has 1 aliphatic carbocycles. The van der Waals surface area contributed by atoms with Gasteiger partial charge in [-0.2, -0.15) is 5.26 Å². The highest BCUT2D eigenvalue weighted by Gasteiger charge is 2.21. The summed E-state index contributed by atoms with van der Waals surface area (Å²) in [5.41, 5.74) is 3.90. The van der Waals surface area contributed by atoms with E-state index in [-0.39, 0.29) is 0 Å². The first-order valence-electron chi connectivity index (χ1n) is 7.35. The van der Waals surface area contributed by atoms with Crippen LogP contribution in [0.2, 0.25) is 0 Å². The van der Waals surface area contributed by atoms with Crippen molar-refractivity contribution in [3.8, 4) is 6.07 Å². The fourth-order valence-corrected chi connectivity index (χ4v) is 2.87. The van der Waals surface area contributed by atoms with Crippen LogP contribution in [-0.2, 0) is 12.8 Å². The summed E-state index contributed by atoms with van der Waals surface area (Å²) in [5, 5.41) is 8.83. The molecule has 3 heteroatoms. The van der Waals surface area contributed by atoms with Crippen molar-refractivity contribution in [1.29, 1.82) is 5.26 Å². The van der Waals surface area contributed by atoms with Crippen LogP contribution in [0.1, 0.15) is 41.2 Å². The van der Waals surface area contributed by atoms with Crippen molar-refractivity contribution in [3.63, 3.8) is 0 Å². The van der Waals surface area contributed by atoms with Gasteiger partial charge >= 0.3 is 0 Å². The standard InChI is InChI=1S/C19H15F2N/c1-2-12-3-5-13(6-4-12)14-7-8-16-15(9-14)10-18(20)17(11-22)19(16)21/h3-6,9-10H,2,7-8H2,1H3. The van der Waals surface area contributed by atoms with E-state index in [1.807, 2.05) is 18.2 Å². The van der Waals surface area contributed by atoms with E-state index in [1.165, 1.54) is 11.6 Å². The maximum absolute atomic E-state index is 14.2. The molecule has 0 bridgehead atoms. The van der Waals surface area contributed by atoms with Gasteiger partial charge in [-0.05, 0) is 53.2 Å². The summed E-state index contributed by atoms with van der Waals surface area (Å²) in [5.74, 6) is -1.51. The van der Waals surface area contributed by atoms with Gasteiger partial charge in [-0.3, -0.25) is 0 Å². The van der Waals surface area contributed by atoms with Crippen LogP contribution >= 0.6 is 0 Å². The molecule has 3 rings (SSSR count). The number of benzene rings is 2. The summed E-state index contributed by atoms with van der Waals surface area (Å²) in [4.78, 5) is 0. The molecular formula is C19H15F2N. The summed E-state index contributed by atoms with van der Waals surface area (Å²) in [7, 11) is 0. The SMILES string of the molecule is CCc1ccc(C2=Cc3cc(F)c(C#N)c(F)c3CC2)cc1. The molecule has 0 radical (unpaired) electrons. The third kappa shape index (κ3) is 2.42. The van der Waals surface area contributed by atoms with Crippen molar-refractivity contribution in [2.45, 2.75) is 26.2 Å². The van der Waals surface area contributed by atoms with Gasteiger partial charge in [0.15, 0.2) is 0 Å². The van der Waals surface area contributed by atoms with Crippen LogP contribution < -0.4 is 0 Å². The average Bonchev–Trinajstić information content (AvgIpc) is 2.55. The molecule has 0 atom stereocenters. The maximum Gasteiger partial charge on any atom is 0.147 e. The van der Waals surface area contributed by atoms with E-state index in [1.54, 1.807) is 6.07 Å². The first-order valence-corrected chi connectivity index (χ1v) is 7.35. The summed E-state index contributed by atoms with van der Waals surface area (Å²) in [6.45, 7) is 2.10. The van der Waals surface area contributed by atoms with Gasteiger partial charge in [-0.1, -0.05) is 37.3 Å². The molecule has 0 spiro atoms. The lowest BCUT2D eigenvalue weighted by Gasteiger charge is -2.18. The summed E-state index contributed by atoms with van der Waals surface area (Å²) in [6.07, 6.45) is 3.98. The van der Waals surface area contributed by atoms with E-state index in [9.17, 15) is 8.78 Å². The topological polar surface area (TPSA) is 23.8 Å². The van der Waals surface area contributed by atoms with Gasteiger partial charge in [0, 0.05) is 0 Å². The summed E-state index contributed by atoms with van der Waals surface area (Å²) >= 11 is 0. The monoisotopic (exact) mass is 295 g/mol. The Morgan fingerprint density at radius 1 is 1.14 bits per heavy atom. The van der Waals surface area contributed by atoms with Gasteiger partial charge < -0.3 is 0 Å². The highest BCUT2D eigenvalue weighted by Crippen LogP contribution is 2.33. The lowest BCUT2D eigenvalue weighted by molar-refractivity contribution is 0.564. The lowest BCUT2D eigenvalue weighted by Crippen LogP contribution is -2.06. The first-order chi connectivity index (χ1) is 10.6. The van der Waals surface area contributed by atoms with E-state index >= 15 is 0 Å². The van der Waals surface area contributed by atoms with Crippen molar-refractivity contribution in [2.75, 3.05) is 0 Å². The Bertz CT molecular complexity index is 796. The normalized spacial score (nSPS) is 13.3. The Kier molecular flexibility index (Phi) is 3.77. The Labute approximate surface area is 128 Å². The van der Waals surface area contributed by atoms with Crippen LogP contribution in [0, 0.1) is 23.0 Å². The van der Waals surface area contributed by atoms with Crippen LogP contribution in [0.15, 0.2) is 30.3 Å². The molecule has 0 N–H and O–H groups in total. The molecular weight excluding hydrogens is 280 g/mol. The highest BCUT2D eigenvalue weighted by molar-refractivity contribution is 5.84. The zero-order valence-corrected chi connectivity index (χ0v) is 12.3. The Hall–Kier alpha value is -2.47. The minimum atomic E-state index is -0.794. The van der Waals surface area contributed by atoms with Crippen molar-refractivity contribution in [2.24, 2.45) is 0 Å². The molecule has 22 heavy (non-hydrogen) atoms. The second-order valence-electron chi connectivity index (χ2n) is 5.45. The quantitative estimate of drug-likeness (QED) is 0.774. The number of halogens is 2. The molecule has 0 aliphatic heterocycles. The van der Waals surface area contributed by atoms with Crippen LogP contribution in [0.25, 0.3) is 11.6 Å². The van der Waals surface area contributed by atoms with E-state index in [0.717, 1.165) is 17.6 Å². The number of allylic oxidation sites excluding steroid dienone is 1. The number of hydrogen-bond acceptors (Lipinski definition) is 1. The molecule has 1 aliphatic rings. The van der Waals surface area contributed by atoms with Crippen molar-refractivity contribution in [1.82, 2.24) is 0 Å². The van der Waals surface area contributed by atoms with Crippen LogP contribution in [0.3, 0.4) is 0 Å². The van der Waals surface area contributed by atoms with Crippen molar-refractivity contribution in [3.05, 3.63) is 69.8 Å². The van der Waals surface area contributed by atoms with Gasteiger partial charge in [0.2, 0.25) is 0 Å². The first kappa shape index (κ1) is 14.5. The van der Waals surface area contributed by atoms with E-state index in [4.69, 9.17) is 5.26 Å². The van der Waals surface area contributed by atoms with Crippen LogP contribution in [-0.4, -0.2) is 0 Å². The molecule has 0 saturated heterocycles. The Balaban J connectivity index is 2.05. The van der Waals surface area contributed by atoms with Gasteiger partial charge in [-0.25, -0.2) is 8.78 Å². The number of fused-ring (bicyclic) bond motifs is 1. The Morgan fingerprint density at radius 3 is 2.50 bits per heavy atom. The molecule has 0 unspecified atom stereocenters. The van der Waals surface area contributed by atoms with Crippen molar-refractivity contribution < 1.29 is 8.78 Å².